The summed E-state index contributed by atoms with van der Waals surface area (Å²) in [4.78, 5) is 25.0. The minimum atomic E-state index is -3.60. The van der Waals surface area contributed by atoms with Crippen LogP contribution in [0.5, 0.6) is 0 Å². The van der Waals surface area contributed by atoms with Gasteiger partial charge in [-0.2, -0.15) is 4.31 Å². The number of carbonyl (C=O) groups is 2. The number of hydrogen-bond acceptors (Lipinski definition) is 5. The van der Waals surface area contributed by atoms with Crippen LogP contribution in [0.1, 0.15) is 53.6 Å². The average Bonchev–Trinajstić information content (AvgIpc) is 2.81. The highest BCUT2D eigenvalue weighted by atomic mass is 32.2. The third kappa shape index (κ3) is 6.04. The van der Waals surface area contributed by atoms with E-state index in [1.54, 1.807) is 18.2 Å². The second-order valence-electron chi connectivity index (χ2n) is 9.17. The number of hydrogen-bond donors (Lipinski definition) is 1. The van der Waals surface area contributed by atoms with Crippen molar-refractivity contribution in [3.8, 4) is 0 Å². The molecule has 1 atom stereocenters. The highest BCUT2D eigenvalue weighted by Gasteiger charge is 2.33. The van der Waals surface area contributed by atoms with Crippen LogP contribution < -0.4 is 5.32 Å². The van der Waals surface area contributed by atoms with E-state index in [2.05, 4.69) is 5.32 Å². The molecule has 0 saturated carbocycles. The summed E-state index contributed by atoms with van der Waals surface area (Å²) < 4.78 is 32.6. The lowest BCUT2D eigenvalue weighted by Gasteiger charge is -2.30. The van der Waals surface area contributed by atoms with Crippen molar-refractivity contribution in [2.75, 3.05) is 19.7 Å². The summed E-state index contributed by atoms with van der Waals surface area (Å²) in [5.74, 6) is -1.25. The molecule has 0 radical (unpaired) electrons. The predicted molar refractivity (Wildman–Crippen MR) is 131 cm³/mol. The van der Waals surface area contributed by atoms with Crippen molar-refractivity contribution < 1.29 is 22.7 Å². The Balaban J connectivity index is 1.48. The molecule has 1 aliphatic heterocycles. The lowest BCUT2D eigenvalue weighted by atomic mass is 9.98. The van der Waals surface area contributed by atoms with Crippen LogP contribution in [-0.4, -0.2) is 44.3 Å². The van der Waals surface area contributed by atoms with Gasteiger partial charge >= 0.3 is 5.97 Å². The SMILES string of the molecule is Cc1ccc(C(C)NC(=O)COC(=O)C2CCN(S(=O)(=O)c3ccc(C)c(C)c3)CC2)cc1C. The van der Waals surface area contributed by atoms with E-state index < -0.39 is 21.9 Å². The third-order valence-electron chi connectivity index (χ3n) is 6.66. The average molecular weight is 487 g/mol. The smallest absolute Gasteiger partial charge is 0.309 e. The molecule has 184 valence electrons. The number of nitrogens with one attached hydrogen (secondary N) is 1. The van der Waals surface area contributed by atoms with Gasteiger partial charge in [0.2, 0.25) is 10.0 Å². The number of amides is 1. The fourth-order valence-corrected chi connectivity index (χ4v) is 5.57. The minimum Gasteiger partial charge on any atom is -0.455 e. The van der Waals surface area contributed by atoms with Gasteiger partial charge in [-0.15, -0.1) is 0 Å². The molecule has 2 aromatic rings. The van der Waals surface area contributed by atoms with Crippen molar-refractivity contribution in [2.45, 2.75) is 58.4 Å². The predicted octanol–water partition coefficient (Wildman–Crippen LogP) is 3.74. The molecule has 3 rings (SSSR count). The van der Waals surface area contributed by atoms with Crippen molar-refractivity contribution in [2.24, 2.45) is 5.92 Å². The second-order valence-corrected chi connectivity index (χ2v) is 11.1. The molecule has 1 heterocycles. The van der Waals surface area contributed by atoms with Crippen molar-refractivity contribution in [3.63, 3.8) is 0 Å². The number of benzene rings is 2. The Labute approximate surface area is 202 Å². The first-order valence-electron chi connectivity index (χ1n) is 11.6. The number of piperidine rings is 1. The van der Waals surface area contributed by atoms with Crippen molar-refractivity contribution in [1.82, 2.24) is 9.62 Å². The molecule has 1 unspecified atom stereocenters. The first kappa shape index (κ1) is 25.9. The Hall–Kier alpha value is -2.71. The van der Waals surface area contributed by atoms with Gasteiger partial charge in [0.25, 0.3) is 5.91 Å². The molecule has 34 heavy (non-hydrogen) atoms. The van der Waals surface area contributed by atoms with Gasteiger partial charge in [0.15, 0.2) is 6.61 Å². The molecule has 1 saturated heterocycles. The van der Waals surface area contributed by atoms with E-state index in [1.165, 1.54) is 9.87 Å². The van der Waals surface area contributed by atoms with Crippen LogP contribution in [0.3, 0.4) is 0 Å². The Bertz CT molecular complexity index is 1170. The lowest BCUT2D eigenvalue weighted by Crippen LogP contribution is -2.41. The van der Waals surface area contributed by atoms with Gasteiger partial charge in [-0.3, -0.25) is 9.59 Å². The molecule has 0 aliphatic carbocycles. The third-order valence-corrected chi connectivity index (χ3v) is 8.55. The van der Waals surface area contributed by atoms with E-state index in [0.717, 1.165) is 22.3 Å². The van der Waals surface area contributed by atoms with E-state index in [9.17, 15) is 18.0 Å². The number of carbonyl (C=O) groups excluding carboxylic acids is 2. The maximum atomic E-state index is 13.0. The summed E-state index contributed by atoms with van der Waals surface area (Å²) in [6, 6.07) is 10.9. The topological polar surface area (TPSA) is 92.8 Å². The van der Waals surface area contributed by atoms with Crippen LogP contribution in [0.15, 0.2) is 41.3 Å². The monoisotopic (exact) mass is 486 g/mol. The quantitative estimate of drug-likeness (QED) is 0.602. The highest BCUT2D eigenvalue weighted by Crippen LogP contribution is 2.26. The number of nitrogens with zero attached hydrogens (tertiary/aromatic N) is 1. The maximum absolute atomic E-state index is 13.0. The van der Waals surface area contributed by atoms with Crippen molar-refractivity contribution in [3.05, 3.63) is 64.2 Å². The van der Waals surface area contributed by atoms with E-state index in [0.29, 0.717) is 12.8 Å². The number of esters is 1. The van der Waals surface area contributed by atoms with Gasteiger partial charge < -0.3 is 10.1 Å². The molecule has 1 amide bonds. The molecule has 1 fully saturated rings. The number of sulfonamides is 1. The number of rotatable bonds is 7. The molecule has 0 bridgehead atoms. The molecule has 1 N–H and O–H groups in total. The molecule has 8 heteroatoms. The van der Waals surface area contributed by atoms with E-state index in [1.807, 2.05) is 52.8 Å². The van der Waals surface area contributed by atoms with Gasteiger partial charge in [-0.05, 0) is 87.4 Å². The Morgan fingerprint density at radius 3 is 2.15 bits per heavy atom. The van der Waals surface area contributed by atoms with E-state index in [-0.39, 0.29) is 36.5 Å². The summed E-state index contributed by atoms with van der Waals surface area (Å²) >= 11 is 0. The van der Waals surface area contributed by atoms with Crippen LogP contribution in [-0.2, 0) is 24.3 Å². The molecule has 1 aliphatic rings. The fourth-order valence-electron chi connectivity index (χ4n) is 4.01. The van der Waals surface area contributed by atoms with E-state index in [4.69, 9.17) is 4.74 Å². The summed E-state index contributed by atoms with van der Waals surface area (Å²) in [7, 11) is -3.60. The van der Waals surface area contributed by atoms with Crippen LogP contribution in [0.25, 0.3) is 0 Å². The largest absolute Gasteiger partial charge is 0.455 e. The lowest BCUT2D eigenvalue weighted by molar-refractivity contribution is -0.153. The highest BCUT2D eigenvalue weighted by molar-refractivity contribution is 7.89. The van der Waals surface area contributed by atoms with Crippen LogP contribution in [0, 0.1) is 33.6 Å². The molecule has 7 nitrogen and oxygen atoms in total. The molecule has 0 aromatic heterocycles. The Morgan fingerprint density at radius 2 is 1.56 bits per heavy atom. The Kier molecular flexibility index (Phi) is 8.15. The van der Waals surface area contributed by atoms with Crippen LogP contribution >= 0.6 is 0 Å². The Morgan fingerprint density at radius 1 is 0.971 bits per heavy atom. The molecular weight excluding hydrogens is 452 g/mol. The second kappa shape index (κ2) is 10.7. The summed E-state index contributed by atoms with van der Waals surface area (Å²) in [6.07, 6.45) is 0.729. The zero-order chi connectivity index (χ0) is 25.0. The normalized spacial score (nSPS) is 16.1. The zero-order valence-corrected chi connectivity index (χ0v) is 21.4. The zero-order valence-electron chi connectivity index (χ0n) is 20.6. The van der Waals surface area contributed by atoms with Gasteiger partial charge in [0.05, 0.1) is 16.9 Å². The molecular formula is C26H34N2O5S. The van der Waals surface area contributed by atoms with Crippen LogP contribution in [0.2, 0.25) is 0 Å². The van der Waals surface area contributed by atoms with E-state index >= 15 is 0 Å². The van der Waals surface area contributed by atoms with Crippen molar-refractivity contribution in [1.29, 1.82) is 0 Å². The summed E-state index contributed by atoms with van der Waals surface area (Å²) in [6.45, 7) is 9.89. The first-order valence-corrected chi connectivity index (χ1v) is 13.0. The van der Waals surface area contributed by atoms with Gasteiger partial charge in [-0.25, -0.2) is 8.42 Å². The van der Waals surface area contributed by atoms with Gasteiger partial charge in [-0.1, -0.05) is 24.3 Å². The van der Waals surface area contributed by atoms with Crippen molar-refractivity contribution >= 4 is 21.9 Å². The van der Waals surface area contributed by atoms with Gasteiger partial charge in [0, 0.05) is 13.1 Å². The first-order chi connectivity index (χ1) is 16.0. The maximum Gasteiger partial charge on any atom is 0.309 e. The van der Waals surface area contributed by atoms with Gasteiger partial charge in [0.1, 0.15) is 0 Å². The summed E-state index contributed by atoms with van der Waals surface area (Å²) in [5.41, 5.74) is 5.28. The molecule has 0 spiro atoms. The summed E-state index contributed by atoms with van der Waals surface area (Å²) in [5, 5.41) is 2.85. The molecule has 2 aromatic carbocycles. The van der Waals surface area contributed by atoms with Crippen LogP contribution in [0.4, 0.5) is 0 Å². The number of aryl methyl sites for hydroxylation is 4. The standard InChI is InChI=1S/C26H34N2O5S/c1-17-6-8-23(14-19(17)3)21(5)27-25(29)16-33-26(30)22-10-12-28(13-11-22)34(31,32)24-9-7-18(2)20(4)15-24/h6-9,14-15,21-22H,10-13,16H2,1-5H3,(H,27,29). The minimum absolute atomic E-state index is 0.204. The number of ether oxygens (including phenoxy) is 1. The fraction of sp³-hybridized carbons (Fsp3) is 0.462.